The largest absolute Gasteiger partial charge is 0.335 e. The molecule has 2 N–H and O–H groups in total. The highest BCUT2D eigenvalue weighted by Gasteiger charge is 2.22. The molecular formula is C18H19F2N3O. The van der Waals surface area contributed by atoms with Gasteiger partial charge in [0.05, 0.1) is 11.4 Å². The van der Waals surface area contributed by atoms with Crippen molar-refractivity contribution in [1.29, 1.82) is 0 Å². The summed E-state index contributed by atoms with van der Waals surface area (Å²) in [6, 6.07) is 11.1. The lowest BCUT2D eigenvalue weighted by Gasteiger charge is -2.29. The fraction of sp³-hybridized carbons (Fsp3) is 0.278. The number of amides is 2. The van der Waals surface area contributed by atoms with E-state index in [9.17, 15) is 13.6 Å². The Morgan fingerprint density at radius 2 is 1.38 bits per heavy atom. The maximum Gasteiger partial charge on any atom is 0.326 e. The average Bonchev–Trinajstić information content (AvgIpc) is 2.59. The zero-order chi connectivity index (χ0) is 16.9. The second-order valence-corrected chi connectivity index (χ2v) is 5.76. The van der Waals surface area contributed by atoms with Crippen LogP contribution in [0, 0.1) is 11.6 Å². The van der Waals surface area contributed by atoms with Gasteiger partial charge in [0.15, 0.2) is 0 Å². The summed E-state index contributed by atoms with van der Waals surface area (Å²) >= 11 is 0. The summed E-state index contributed by atoms with van der Waals surface area (Å²) in [5, 5.41) is 6.25. The quantitative estimate of drug-likeness (QED) is 0.903. The predicted octanol–water partition coefficient (Wildman–Crippen LogP) is 3.56. The number of benzene rings is 2. The van der Waals surface area contributed by atoms with E-state index in [1.165, 1.54) is 53.4 Å². The number of nitrogens with zero attached hydrogens (tertiary/aromatic N) is 1. The fourth-order valence-corrected chi connectivity index (χ4v) is 2.77. The van der Waals surface area contributed by atoms with Crippen LogP contribution < -0.4 is 15.5 Å². The van der Waals surface area contributed by atoms with Gasteiger partial charge in [-0.25, -0.2) is 13.6 Å². The van der Waals surface area contributed by atoms with Crippen molar-refractivity contribution in [1.82, 2.24) is 10.6 Å². The van der Waals surface area contributed by atoms with Crippen molar-refractivity contribution in [3.05, 3.63) is 60.2 Å². The molecule has 0 aliphatic carbocycles. The molecule has 2 amide bonds. The van der Waals surface area contributed by atoms with Crippen LogP contribution in [-0.4, -0.2) is 25.2 Å². The van der Waals surface area contributed by atoms with E-state index in [1.807, 2.05) is 0 Å². The second kappa shape index (κ2) is 7.40. The number of carbonyl (C=O) groups excluding carboxylic acids is 1. The Morgan fingerprint density at radius 1 is 0.917 bits per heavy atom. The van der Waals surface area contributed by atoms with Gasteiger partial charge >= 0.3 is 6.03 Å². The molecule has 0 aromatic heterocycles. The number of rotatable bonds is 3. The van der Waals surface area contributed by atoms with Crippen LogP contribution in [0.1, 0.15) is 12.8 Å². The Kier molecular flexibility index (Phi) is 5.05. The van der Waals surface area contributed by atoms with Crippen molar-refractivity contribution in [3.8, 4) is 0 Å². The third kappa shape index (κ3) is 3.89. The molecule has 1 heterocycles. The highest BCUT2D eigenvalue weighted by molar-refractivity contribution is 5.99. The number of carbonyl (C=O) groups is 1. The summed E-state index contributed by atoms with van der Waals surface area (Å²) in [4.78, 5) is 14.2. The number of nitrogens with one attached hydrogen (secondary N) is 2. The first kappa shape index (κ1) is 16.4. The van der Waals surface area contributed by atoms with Crippen LogP contribution in [0.25, 0.3) is 0 Å². The van der Waals surface area contributed by atoms with E-state index >= 15 is 0 Å². The van der Waals surface area contributed by atoms with Gasteiger partial charge in [0.1, 0.15) is 11.6 Å². The summed E-state index contributed by atoms with van der Waals surface area (Å²) in [5.41, 5.74) is 1.05. The first-order valence-electron chi connectivity index (χ1n) is 7.96. The summed E-state index contributed by atoms with van der Waals surface area (Å²) < 4.78 is 26.4. The second-order valence-electron chi connectivity index (χ2n) is 5.76. The number of hydrogen-bond acceptors (Lipinski definition) is 2. The van der Waals surface area contributed by atoms with Crippen LogP contribution in [0.5, 0.6) is 0 Å². The van der Waals surface area contributed by atoms with Gasteiger partial charge < -0.3 is 10.6 Å². The molecule has 0 bridgehead atoms. The van der Waals surface area contributed by atoms with Crippen molar-refractivity contribution in [2.45, 2.75) is 18.9 Å². The van der Waals surface area contributed by atoms with E-state index in [0.29, 0.717) is 11.4 Å². The van der Waals surface area contributed by atoms with Gasteiger partial charge in [0.2, 0.25) is 0 Å². The molecule has 1 aliphatic rings. The number of halogens is 2. The van der Waals surface area contributed by atoms with Crippen molar-refractivity contribution < 1.29 is 13.6 Å². The molecule has 3 rings (SSSR count). The normalized spacial score (nSPS) is 15.1. The molecule has 0 unspecified atom stereocenters. The molecule has 0 radical (unpaired) electrons. The third-order valence-corrected chi connectivity index (χ3v) is 4.04. The van der Waals surface area contributed by atoms with Gasteiger partial charge in [-0.3, -0.25) is 4.90 Å². The number of hydrogen-bond donors (Lipinski definition) is 2. The Balaban J connectivity index is 1.87. The van der Waals surface area contributed by atoms with Gasteiger partial charge in [-0.2, -0.15) is 0 Å². The monoisotopic (exact) mass is 331 g/mol. The highest BCUT2D eigenvalue weighted by Crippen LogP contribution is 2.26. The standard InChI is InChI=1S/C18H19F2N3O/c19-13-1-5-16(6-2-13)23(17-7-3-14(20)4-8-17)18(24)22-15-9-11-21-12-10-15/h1-8,15,21H,9-12H2,(H,22,24). The van der Waals surface area contributed by atoms with E-state index in [2.05, 4.69) is 10.6 Å². The molecule has 2 aromatic carbocycles. The van der Waals surface area contributed by atoms with E-state index in [1.54, 1.807) is 0 Å². The lowest BCUT2D eigenvalue weighted by molar-refractivity contribution is 0.241. The number of piperidine rings is 1. The molecule has 24 heavy (non-hydrogen) atoms. The minimum atomic E-state index is -0.378. The zero-order valence-electron chi connectivity index (χ0n) is 13.1. The van der Waals surface area contributed by atoms with Crippen molar-refractivity contribution in [3.63, 3.8) is 0 Å². The van der Waals surface area contributed by atoms with Crippen LogP contribution in [0.15, 0.2) is 48.5 Å². The fourth-order valence-electron chi connectivity index (χ4n) is 2.77. The topological polar surface area (TPSA) is 44.4 Å². The average molecular weight is 331 g/mol. The molecule has 0 atom stereocenters. The molecule has 1 aliphatic heterocycles. The summed E-state index contributed by atoms with van der Waals surface area (Å²) in [6.45, 7) is 1.72. The smallest absolute Gasteiger partial charge is 0.326 e. The van der Waals surface area contributed by atoms with Crippen LogP contribution in [0.2, 0.25) is 0 Å². The zero-order valence-corrected chi connectivity index (χ0v) is 13.1. The number of urea groups is 1. The summed E-state index contributed by atoms with van der Waals surface area (Å²) in [7, 11) is 0. The van der Waals surface area contributed by atoms with Crippen molar-refractivity contribution >= 4 is 17.4 Å². The third-order valence-electron chi connectivity index (χ3n) is 4.04. The highest BCUT2D eigenvalue weighted by atomic mass is 19.1. The summed E-state index contributed by atoms with van der Waals surface area (Å²) in [6.07, 6.45) is 1.71. The van der Waals surface area contributed by atoms with E-state index < -0.39 is 0 Å². The van der Waals surface area contributed by atoms with Gasteiger partial charge in [-0.1, -0.05) is 0 Å². The van der Waals surface area contributed by atoms with Crippen LogP contribution in [0.4, 0.5) is 25.0 Å². The molecule has 1 saturated heterocycles. The van der Waals surface area contributed by atoms with Crippen molar-refractivity contribution in [2.24, 2.45) is 0 Å². The Morgan fingerprint density at radius 3 is 1.83 bits per heavy atom. The molecule has 126 valence electrons. The molecule has 6 heteroatoms. The van der Waals surface area contributed by atoms with E-state index in [-0.39, 0.29) is 23.7 Å². The lowest BCUT2D eigenvalue weighted by Crippen LogP contribution is -2.47. The lowest BCUT2D eigenvalue weighted by atomic mass is 10.1. The van der Waals surface area contributed by atoms with Gasteiger partial charge in [0, 0.05) is 6.04 Å². The van der Waals surface area contributed by atoms with Gasteiger partial charge in [-0.05, 0) is 74.5 Å². The molecule has 4 nitrogen and oxygen atoms in total. The van der Waals surface area contributed by atoms with Crippen LogP contribution in [0.3, 0.4) is 0 Å². The van der Waals surface area contributed by atoms with E-state index in [4.69, 9.17) is 0 Å². The maximum atomic E-state index is 13.2. The van der Waals surface area contributed by atoms with Crippen LogP contribution in [-0.2, 0) is 0 Å². The van der Waals surface area contributed by atoms with E-state index in [0.717, 1.165) is 25.9 Å². The van der Waals surface area contributed by atoms with Gasteiger partial charge in [0.25, 0.3) is 0 Å². The van der Waals surface area contributed by atoms with Crippen molar-refractivity contribution in [2.75, 3.05) is 18.0 Å². The maximum absolute atomic E-state index is 13.2. The Labute approximate surface area is 139 Å². The SMILES string of the molecule is O=C(NC1CCNCC1)N(c1ccc(F)cc1)c1ccc(F)cc1. The molecule has 0 spiro atoms. The van der Waals surface area contributed by atoms with Gasteiger partial charge in [-0.15, -0.1) is 0 Å². The minimum Gasteiger partial charge on any atom is -0.335 e. The minimum absolute atomic E-state index is 0.0853. The molecule has 1 fully saturated rings. The Hall–Kier alpha value is -2.47. The molecule has 0 saturated carbocycles. The number of anilines is 2. The van der Waals surface area contributed by atoms with Crippen LogP contribution >= 0.6 is 0 Å². The first-order valence-corrected chi connectivity index (χ1v) is 7.96. The predicted molar refractivity (Wildman–Crippen MR) is 89.4 cm³/mol. The Bertz CT molecular complexity index is 637. The first-order chi connectivity index (χ1) is 11.6. The molecular weight excluding hydrogens is 312 g/mol. The molecule has 2 aromatic rings. The summed E-state index contributed by atoms with van der Waals surface area (Å²) in [5.74, 6) is -0.756.